The normalized spacial score (nSPS) is 16.2. The molecule has 3 N–H and O–H groups in total. The fourth-order valence-corrected chi connectivity index (χ4v) is 2.88. The van der Waals surface area contributed by atoms with Crippen LogP contribution in [0.25, 0.3) is 0 Å². The largest absolute Gasteiger partial charge is 0.418 e. The first-order chi connectivity index (χ1) is 12.6. The number of rotatable bonds is 3. The van der Waals surface area contributed by atoms with Crippen molar-refractivity contribution < 1.29 is 22.8 Å². The van der Waals surface area contributed by atoms with Crippen molar-refractivity contribution in [2.24, 2.45) is 0 Å². The van der Waals surface area contributed by atoms with Crippen molar-refractivity contribution in [3.63, 3.8) is 0 Å². The minimum Gasteiger partial charge on any atom is -0.372 e. The number of aryl methyl sites for hydroxylation is 2. The van der Waals surface area contributed by atoms with Gasteiger partial charge in [-0.1, -0.05) is 12.1 Å². The van der Waals surface area contributed by atoms with E-state index >= 15 is 0 Å². The summed E-state index contributed by atoms with van der Waals surface area (Å²) in [6, 6.07) is 7.52. The highest BCUT2D eigenvalue weighted by Crippen LogP contribution is 2.35. The Morgan fingerprint density at radius 1 is 1.11 bits per heavy atom. The molecule has 0 fully saturated rings. The fourth-order valence-electron chi connectivity index (χ4n) is 2.88. The second-order valence-corrected chi connectivity index (χ2v) is 6.46. The first-order valence-corrected chi connectivity index (χ1v) is 8.30. The van der Waals surface area contributed by atoms with E-state index < -0.39 is 29.6 Å². The van der Waals surface area contributed by atoms with Gasteiger partial charge < -0.3 is 16.0 Å². The van der Waals surface area contributed by atoms with Gasteiger partial charge in [0, 0.05) is 0 Å². The second-order valence-electron chi connectivity index (χ2n) is 6.46. The van der Waals surface area contributed by atoms with Crippen molar-refractivity contribution in [1.82, 2.24) is 0 Å². The van der Waals surface area contributed by atoms with Gasteiger partial charge in [0.15, 0.2) is 0 Å². The number of hydrogen-bond donors (Lipinski definition) is 3. The number of nitrogens with one attached hydrogen (secondary N) is 3. The van der Waals surface area contributed by atoms with Crippen LogP contribution in [-0.4, -0.2) is 17.9 Å². The van der Waals surface area contributed by atoms with Gasteiger partial charge >= 0.3 is 6.18 Å². The summed E-state index contributed by atoms with van der Waals surface area (Å²) in [5.74, 6) is -1.10. The number of carbonyl (C=O) groups is 2. The quantitative estimate of drug-likeness (QED) is 0.755. The van der Waals surface area contributed by atoms with Crippen molar-refractivity contribution in [3.05, 3.63) is 53.1 Å². The van der Waals surface area contributed by atoms with E-state index in [1.54, 1.807) is 0 Å². The molecular weight excluding hydrogens is 359 g/mol. The highest BCUT2D eigenvalue weighted by atomic mass is 19.4. The summed E-state index contributed by atoms with van der Waals surface area (Å²) >= 11 is 0. The van der Waals surface area contributed by atoms with Crippen LogP contribution in [0.4, 0.5) is 30.2 Å². The summed E-state index contributed by atoms with van der Waals surface area (Å²) in [6.07, 6.45) is -4.89. The lowest BCUT2D eigenvalue weighted by Crippen LogP contribution is -2.41. The predicted molar refractivity (Wildman–Crippen MR) is 96.6 cm³/mol. The molecule has 2 amide bonds. The Kier molecular flexibility index (Phi) is 4.82. The molecular formula is C19H18F3N3O2. The Labute approximate surface area is 154 Å². The number of alkyl halides is 3. The lowest BCUT2D eigenvalue weighted by atomic mass is 10.0. The Hall–Kier alpha value is -3.03. The van der Waals surface area contributed by atoms with Crippen molar-refractivity contribution in [1.29, 1.82) is 0 Å². The van der Waals surface area contributed by atoms with E-state index in [9.17, 15) is 22.8 Å². The van der Waals surface area contributed by atoms with E-state index in [1.165, 1.54) is 18.2 Å². The van der Waals surface area contributed by atoms with Gasteiger partial charge in [-0.2, -0.15) is 13.2 Å². The average Bonchev–Trinajstić information content (AvgIpc) is 2.57. The summed E-state index contributed by atoms with van der Waals surface area (Å²) in [6.45, 7) is 3.84. The zero-order chi connectivity index (χ0) is 19.8. The highest BCUT2D eigenvalue weighted by Gasteiger charge is 2.34. The van der Waals surface area contributed by atoms with E-state index in [1.807, 2.05) is 26.0 Å². The molecule has 1 heterocycles. The van der Waals surface area contributed by atoms with E-state index in [2.05, 4.69) is 16.0 Å². The molecule has 0 unspecified atom stereocenters. The third-order valence-corrected chi connectivity index (χ3v) is 4.43. The molecule has 0 bridgehead atoms. The summed E-state index contributed by atoms with van der Waals surface area (Å²) in [5.41, 5.74) is 2.04. The van der Waals surface area contributed by atoms with Crippen molar-refractivity contribution in [2.75, 3.05) is 16.0 Å². The van der Waals surface area contributed by atoms with Gasteiger partial charge in [0.2, 0.25) is 11.8 Å². The zero-order valence-electron chi connectivity index (χ0n) is 14.7. The van der Waals surface area contributed by atoms with Gasteiger partial charge in [-0.3, -0.25) is 9.59 Å². The van der Waals surface area contributed by atoms with Crippen molar-refractivity contribution in [3.8, 4) is 0 Å². The lowest BCUT2D eigenvalue weighted by Gasteiger charge is -2.27. The number of halogens is 3. The second kappa shape index (κ2) is 6.94. The van der Waals surface area contributed by atoms with Crippen LogP contribution in [0, 0.1) is 13.8 Å². The van der Waals surface area contributed by atoms with Gasteiger partial charge in [-0.25, -0.2) is 0 Å². The van der Waals surface area contributed by atoms with Crippen LogP contribution in [0.1, 0.15) is 23.1 Å². The molecule has 0 radical (unpaired) electrons. The molecule has 0 aromatic heterocycles. The first kappa shape index (κ1) is 18.8. The van der Waals surface area contributed by atoms with Crippen LogP contribution < -0.4 is 16.0 Å². The molecule has 0 spiro atoms. The maximum absolute atomic E-state index is 13.0. The van der Waals surface area contributed by atoms with Crippen LogP contribution in [-0.2, 0) is 15.8 Å². The Balaban J connectivity index is 1.74. The smallest absolute Gasteiger partial charge is 0.372 e. The molecule has 1 aliphatic heterocycles. The molecule has 0 saturated carbocycles. The first-order valence-electron chi connectivity index (χ1n) is 8.30. The molecule has 1 atom stereocenters. The minimum atomic E-state index is -4.58. The average molecular weight is 377 g/mol. The number of para-hydroxylation sites is 1. The summed E-state index contributed by atoms with van der Waals surface area (Å²) in [4.78, 5) is 24.5. The Bertz CT molecular complexity index is 910. The molecule has 2 aromatic rings. The van der Waals surface area contributed by atoms with Crippen LogP contribution in [0.2, 0.25) is 0 Å². The van der Waals surface area contributed by atoms with Crippen LogP contribution >= 0.6 is 0 Å². The molecule has 8 heteroatoms. The maximum Gasteiger partial charge on any atom is 0.418 e. The standard InChI is InChI=1S/C19H18F3N3O2/c1-10-7-14-15(8-11(10)2)25-18(27)16(23-14)9-17(26)24-13-6-4-3-5-12(13)19(20,21)22/h3-8,16,23H,9H2,1-2H3,(H,24,26)(H,25,27)/t16-/m0/s1. The Morgan fingerprint density at radius 3 is 2.41 bits per heavy atom. The van der Waals surface area contributed by atoms with E-state index in [0.29, 0.717) is 11.4 Å². The summed E-state index contributed by atoms with van der Waals surface area (Å²) in [5, 5.41) is 7.95. The highest BCUT2D eigenvalue weighted by molar-refractivity contribution is 6.06. The Morgan fingerprint density at radius 2 is 1.74 bits per heavy atom. The number of carbonyl (C=O) groups excluding carboxylic acids is 2. The van der Waals surface area contributed by atoms with E-state index in [-0.39, 0.29) is 12.1 Å². The van der Waals surface area contributed by atoms with Gasteiger partial charge in [-0.15, -0.1) is 0 Å². The topological polar surface area (TPSA) is 70.2 Å². The predicted octanol–water partition coefficient (Wildman–Crippen LogP) is 4.08. The number of hydrogen-bond acceptors (Lipinski definition) is 3. The van der Waals surface area contributed by atoms with Crippen molar-refractivity contribution in [2.45, 2.75) is 32.5 Å². The van der Waals surface area contributed by atoms with Crippen molar-refractivity contribution >= 4 is 28.9 Å². The van der Waals surface area contributed by atoms with Gasteiger partial charge in [0.25, 0.3) is 0 Å². The van der Waals surface area contributed by atoms with Crippen LogP contribution in [0.3, 0.4) is 0 Å². The number of amides is 2. The molecule has 2 aromatic carbocycles. The van der Waals surface area contributed by atoms with E-state index in [0.717, 1.165) is 17.2 Å². The summed E-state index contributed by atoms with van der Waals surface area (Å²) < 4.78 is 39.1. The molecule has 1 aliphatic rings. The third-order valence-electron chi connectivity index (χ3n) is 4.43. The van der Waals surface area contributed by atoms with E-state index in [4.69, 9.17) is 0 Å². The molecule has 3 rings (SSSR count). The maximum atomic E-state index is 13.0. The fraction of sp³-hybridized carbons (Fsp3) is 0.263. The molecule has 0 saturated heterocycles. The lowest BCUT2D eigenvalue weighted by molar-refractivity contribution is -0.137. The summed E-state index contributed by atoms with van der Waals surface area (Å²) in [7, 11) is 0. The van der Waals surface area contributed by atoms with Crippen LogP contribution in [0.5, 0.6) is 0 Å². The number of anilines is 3. The van der Waals surface area contributed by atoms with Gasteiger partial charge in [-0.05, 0) is 49.2 Å². The van der Waals surface area contributed by atoms with Gasteiger partial charge in [0.05, 0.1) is 29.0 Å². The van der Waals surface area contributed by atoms with Crippen LogP contribution in [0.15, 0.2) is 36.4 Å². The van der Waals surface area contributed by atoms with Gasteiger partial charge in [0.1, 0.15) is 6.04 Å². The third kappa shape index (κ3) is 4.05. The number of fused-ring (bicyclic) bond motifs is 1. The monoisotopic (exact) mass is 377 g/mol. The molecule has 142 valence electrons. The molecule has 5 nitrogen and oxygen atoms in total. The molecule has 0 aliphatic carbocycles. The molecule has 27 heavy (non-hydrogen) atoms. The number of benzene rings is 2. The SMILES string of the molecule is Cc1cc2c(cc1C)N[C@@H](CC(=O)Nc1ccccc1C(F)(F)F)C(=O)N2. The minimum absolute atomic E-state index is 0.301. The zero-order valence-corrected chi connectivity index (χ0v) is 14.7.